The predicted octanol–water partition coefficient (Wildman–Crippen LogP) is 4.91. The number of carbonyl (C=O) groups excluding carboxylic acids is 1. The van der Waals surface area contributed by atoms with Gasteiger partial charge in [0.15, 0.2) is 0 Å². The number of nitrogens with one attached hydrogen (secondary N) is 1. The summed E-state index contributed by atoms with van der Waals surface area (Å²) in [6.45, 7) is 0. The Kier molecular flexibility index (Phi) is 4.39. The molecular formula is C21H19NO3S. The van der Waals surface area contributed by atoms with Gasteiger partial charge >= 0.3 is 0 Å². The van der Waals surface area contributed by atoms with Gasteiger partial charge in [-0.05, 0) is 35.4 Å². The Morgan fingerprint density at radius 2 is 1.81 bits per heavy atom. The van der Waals surface area contributed by atoms with Crippen molar-refractivity contribution in [3.05, 3.63) is 64.4 Å². The molecule has 1 aliphatic heterocycles. The highest BCUT2D eigenvalue weighted by Gasteiger charge is 2.30. The molecule has 0 aliphatic carbocycles. The van der Waals surface area contributed by atoms with E-state index in [1.54, 1.807) is 25.6 Å². The molecule has 0 saturated heterocycles. The van der Waals surface area contributed by atoms with E-state index in [2.05, 4.69) is 16.8 Å². The van der Waals surface area contributed by atoms with Crippen LogP contribution in [0.15, 0.2) is 53.9 Å². The van der Waals surface area contributed by atoms with Crippen molar-refractivity contribution in [3.63, 3.8) is 0 Å². The van der Waals surface area contributed by atoms with Crippen LogP contribution in [0.25, 0.3) is 11.1 Å². The van der Waals surface area contributed by atoms with Crippen LogP contribution in [0.5, 0.6) is 11.5 Å². The molecule has 0 fully saturated rings. The molecule has 3 aromatic rings. The second-order valence-electron chi connectivity index (χ2n) is 6.20. The quantitative estimate of drug-likeness (QED) is 0.715. The highest BCUT2D eigenvalue weighted by molar-refractivity contribution is 7.11. The first kappa shape index (κ1) is 16.7. The second kappa shape index (κ2) is 6.84. The van der Waals surface area contributed by atoms with E-state index in [1.807, 2.05) is 42.5 Å². The van der Waals surface area contributed by atoms with E-state index in [1.165, 1.54) is 4.88 Å². The largest absolute Gasteiger partial charge is 0.497 e. The maximum absolute atomic E-state index is 12.4. The van der Waals surface area contributed by atoms with E-state index < -0.39 is 0 Å². The molecular weight excluding hydrogens is 346 g/mol. The van der Waals surface area contributed by atoms with Crippen molar-refractivity contribution in [2.45, 2.75) is 12.3 Å². The Balaban J connectivity index is 1.76. The highest BCUT2D eigenvalue weighted by atomic mass is 32.1. The van der Waals surface area contributed by atoms with Crippen LogP contribution in [-0.2, 0) is 4.79 Å². The fourth-order valence-electron chi connectivity index (χ4n) is 3.34. The zero-order valence-electron chi connectivity index (χ0n) is 14.6. The number of thiophene rings is 1. The fourth-order valence-corrected chi connectivity index (χ4v) is 4.50. The normalized spacial score (nSPS) is 15.9. The molecule has 0 spiro atoms. The van der Waals surface area contributed by atoms with Crippen LogP contribution >= 0.6 is 11.3 Å². The molecule has 0 bridgehead atoms. The molecule has 4 nitrogen and oxygen atoms in total. The van der Waals surface area contributed by atoms with Gasteiger partial charge in [0.05, 0.1) is 19.9 Å². The molecule has 0 radical (unpaired) electrons. The maximum Gasteiger partial charge on any atom is 0.225 e. The maximum atomic E-state index is 12.4. The van der Waals surface area contributed by atoms with E-state index in [4.69, 9.17) is 9.47 Å². The molecule has 26 heavy (non-hydrogen) atoms. The van der Waals surface area contributed by atoms with Gasteiger partial charge in [0.25, 0.3) is 0 Å². The van der Waals surface area contributed by atoms with Gasteiger partial charge in [-0.1, -0.05) is 24.3 Å². The smallest absolute Gasteiger partial charge is 0.225 e. The van der Waals surface area contributed by atoms with Gasteiger partial charge in [0.1, 0.15) is 11.5 Å². The second-order valence-corrected chi connectivity index (χ2v) is 7.11. The molecule has 132 valence electrons. The van der Waals surface area contributed by atoms with Crippen LogP contribution in [0.4, 0.5) is 5.69 Å². The van der Waals surface area contributed by atoms with Crippen LogP contribution in [0.1, 0.15) is 22.8 Å². The first-order valence-corrected chi connectivity index (χ1v) is 9.27. The number of anilines is 1. The SMILES string of the molecule is COc1ccc(-c2csc3c2NC(=O)CC3c2cccc(OC)c2)cc1. The lowest BCUT2D eigenvalue weighted by atomic mass is 9.89. The Labute approximate surface area is 156 Å². The van der Waals surface area contributed by atoms with E-state index in [-0.39, 0.29) is 11.8 Å². The van der Waals surface area contributed by atoms with Crippen LogP contribution in [0.2, 0.25) is 0 Å². The summed E-state index contributed by atoms with van der Waals surface area (Å²) >= 11 is 1.69. The van der Waals surface area contributed by atoms with Crippen molar-refractivity contribution in [1.29, 1.82) is 0 Å². The van der Waals surface area contributed by atoms with Crippen molar-refractivity contribution in [2.24, 2.45) is 0 Å². The molecule has 1 N–H and O–H groups in total. The summed E-state index contributed by atoms with van der Waals surface area (Å²) in [5.41, 5.74) is 4.14. The van der Waals surface area contributed by atoms with Crippen molar-refractivity contribution in [2.75, 3.05) is 19.5 Å². The Bertz CT molecular complexity index is 946. The van der Waals surface area contributed by atoms with Crippen LogP contribution in [-0.4, -0.2) is 20.1 Å². The summed E-state index contributed by atoms with van der Waals surface area (Å²) in [6.07, 6.45) is 0.447. The minimum atomic E-state index is 0.0403. The summed E-state index contributed by atoms with van der Waals surface area (Å²) < 4.78 is 10.6. The molecule has 2 heterocycles. The number of methoxy groups -OCH3 is 2. The van der Waals surface area contributed by atoms with Gasteiger partial charge in [0, 0.05) is 28.2 Å². The molecule has 5 heteroatoms. The molecule has 1 aliphatic rings. The predicted molar refractivity (Wildman–Crippen MR) is 104 cm³/mol. The van der Waals surface area contributed by atoms with Gasteiger partial charge in [-0.3, -0.25) is 4.79 Å². The molecule has 4 rings (SSSR count). The number of benzene rings is 2. The number of carbonyl (C=O) groups is 1. The number of amides is 1. The number of ether oxygens (including phenoxy) is 2. The summed E-state index contributed by atoms with van der Waals surface area (Å²) in [4.78, 5) is 13.6. The highest BCUT2D eigenvalue weighted by Crippen LogP contribution is 2.47. The monoisotopic (exact) mass is 365 g/mol. The molecule has 2 aromatic carbocycles. The van der Waals surface area contributed by atoms with E-state index in [9.17, 15) is 4.79 Å². The van der Waals surface area contributed by atoms with Gasteiger partial charge in [-0.25, -0.2) is 0 Å². The van der Waals surface area contributed by atoms with Crippen molar-refractivity contribution in [3.8, 4) is 22.6 Å². The lowest BCUT2D eigenvalue weighted by Gasteiger charge is -2.24. The first-order chi connectivity index (χ1) is 12.7. The molecule has 1 unspecified atom stereocenters. The Hall–Kier alpha value is -2.79. The Morgan fingerprint density at radius 1 is 1.04 bits per heavy atom. The van der Waals surface area contributed by atoms with Gasteiger partial charge < -0.3 is 14.8 Å². The van der Waals surface area contributed by atoms with Crippen LogP contribution in [0.3, 0.4) is 0 Å². The van der Waals surface area contributed by atoms with Crippen LogP contribution < -0.4 is 14.8 Å². The summed E-state index contributed by atoms with van der Waals surface area (Å²) in [5, 5.41) is 5.19. The number of rotatable bonds is 4. The molecule has 1 amide bonds. The van der Waals surface area contributed by atoms with Gasteiger partial charge in [-0.2, -0.15) is 0 Å². The third-order valence-electron chi connectivity index (χ3n) is 4.69. The topological polar surface area (TPSA) is 47.6 Å². The lowest BCUT2D eigenvalue weighted by molar-refractivity contribution is -0.116. The summed E-state index contributed by atoms with van der Waals surface area (Å²) in [5.74, 6) is 1.71. The number of fused-ring (bicyclic) bond motifs is 1. The van der Waals surface area contributed by atoms with Crippen LogP contribution in [0, 0.1) is 0 Å². The van der Waals surface area contributed by atoms with E-state index in [0.29, 0.717) is 6.42 Å². The lowest BCUT2D eigenvalue weighted by Crippen LogP contribution is -2.22. The fraction of sp³-hybridized carbons (Fsp3) is 0.190. The standard InChI is InChI=1S/C21H19NO3S/c1-24-15-8-6-13(7-9-15)18-12-26-21-17(11-19(23)22-20(18)21)14-4-3-5-16(10-14)25-2/h3-10,12,17H,11H2,1-2H3,(H,22,23). The van der Waals surface area contributed by atoms with Gasteiger partial charge in [0.2, 0.25) is 5.91 Å². The average Bonchev–Trinajstić information content (AvgIpc) is 3.11. The third kappa shape index (κ3) is 2.95. The average molecular weight is 365 g/mol. The van der Waals surface area contributed by atoms with Crippen molar-refractivity contribution < 1.29 is 14.3 Å². The number of hydrogen-bond donors (Lipinski definition) is 1. The summed E-state index contributed by atoms with van der Waals surface area (Å²) in [6, 6.07) is 15.9. The zero-order valence-corrected chi connectivity index (χ0v) is 15.4. The summed E-state index contributed by atoms with van der Waals surface area (Å²) in [7, 11) is 3.31. The molecule has 1 atom stereocenters. The Morgan fingerprint density at radius 3 is 2.54 bits per heavy atom. The van der Waals surface area contributed by atoms with Crippen molar-refractivity contribution in [1.82, 2.24) is 0 Å². The molecule has 1 aromatic heterocycles. The zero-order chi connectivity index (χ0) is 18.1. The van der Waals surface area contributed by atoms with Crippen molar-refractivity contribution >= 4 is 22.9 Å². The third-order valence-corrected chi connectivity index (χ3v) is 5.78. The number of hydrogen-bond acceptors (Lipinski definition) is 4. The first-order valence-electron chi connectivity index (χ1n) is 8.39. The molecule has 0 saturated carbocycles. The van der Waals surface area contributed by atoms with Gasteiger partial charge in [-0.15, -0.1) is 11.3 Å². The van der Waals surface area contributed by atoms with E-state index >= 15 is 0 Å². The van der Waals surface area contributed by atoms with E-state index in [0.717, 1.165) is 33.9 Å². The minimum Gasteiger partial charge on any atom is -0.497 e. The minimum absolute atomic E-state index is 0.0403.